The Kier molecular flexibility index (Phi) is 6.44. The molecule has 0 saturated heterocycles. The number of quaternary nitrogens is 1. The van der Waals surface area contributed by atoms with E-state index in [2.05, 4.69) is 30.0 Å². The van der Waals surface area contributed by atoms with E-state index < -0.39 is 0 Å². The largest absolute Gasteiger partial charge is 1.00 e. The van der Waals surface area contributed by atoms with Crippen LogP contribution in [-0.4, -0.2) is 6.54 Å². The first-order valence-corrected chi connectivity index (χ1v) is 3.94. The molecule has 66 valence electrons. The number of hydrogen-bond acceptors (Lipinski definition) is 0. The van der Waals surface area contributed by atoms with Crippen LogP contribution >= 0.6 is 0 Å². The third kappa shape index (κ3) is 4.16. The lowest BCUT2D eigenvalue weighted by molar-refractivity contribution is -0.365. The Labute approximate surface area is 79.7 Å². The molecule has 0 spiro atoms. The summed E-state index contributed by atoms with van der Waals surface area (Å²) in [5, 5.41) is 0. The average Bonchev–Trinajstić information content (AvgIpc) is 2.07. The molecule has 3 N–H and O–H groups in total. The topological polar surface area (TPSA) is 27.6 Å². The molecule has 0 amide bonds. The summed E-state index contributed by atoms with van der Waals surface area (Å²) in [5.74, 6) is 0. The molecule has 0 bridgehead atoms. The van der Waals surface area contributed by atoms with Gasteiger partial charge in [-0.1, -0.05) is 42.5 Å². The first kappa shape index (κ1) is 11.2. The van der Waals surface area contributed by atoms with Crippen molar-refractivity contribution >= 4 is 6.08 Å². The van der Waals surface area contributed by atoms with Crippen molar-refractivity contribution in [3.63, 3.8) is 0 Å². The van der Waals surface area contributed by atoms with Crippen molar-refractivity contribution in [1.82, 2.24) is 0 Å². The fourth-order valence-electron chi connectivity index (χ4n) is 0.901. The van der Waals surface area contributed by atoms with E-state index in [9.17, 15) is 0 Å². The molecule has 0 aromatic heterocycles. The molecule has 0 saturated carbocycles. The second-order valence-corrected chi connectivity index (χ2v) is 2.46. The molecule has 0 atom stereocenters. The number of rotatable bonds is 3. The van der Waals surface area contributed by atoms with E-state index in [-0.39, 0.29) is 12.4 Å². The van der Waals surface area contributed by atoms with Gasteiger partial charge in [-0.25, -0.2) is 0 Å². The van der Waals surface area contributed by atoms with Gasteiger partial charge in [0.2, 0.25) is 0 Å². The number of benzene rings is 1. The summed E-state index contributed by atoms with van der Waals surface area (Å²) in [5.41, 5.74) is 5.03. The molecule has 1 aromatic rings. The van der Waals surface area contributed by atoms with Crippen LogP contribution < -0.4 is 18.1 Å². The highest BCUT2D eigenvalue weighted by molar-refractivity contribution is 5.48. The Morgan fingerprint density at radius 2 is 1.83 bits per heavy atom. The van der Waals surface area contributed by atoms with Crippen LogP contribution in [0.25, 0.3) is 6.08 Å². The zero-order chi connectivity index (χ0) is 7.94. The van der Waals surface area contributed by atoms with Gasteiger partial charge in [-0.15, -0.1) is 0 Å². The smallest absolute Gasteiger partial charge is 0.0774 e. The van der Waals surface area contributed by atoms with E-state index >= 15 is 0 Å². The highest BCUT2D eigenvalue weighted by Gasteiger charge is 1.81. The van der Waals surface area contributed by atoms with E-state index in [4.69, 9.17) is 0 Å². The monoisotopic (exact) mass is 183 g/mol. The highest BCUT2D eigenvalue weighted by Crippen LogP contribution is 2.00. The molecule has 0 aliphatic heterocycles. The van der Waals surface area contributed by atoms with E-state index in [0.717, 1.165) is 13.0 Å². The van der Waals surface area contributed by atoms with Crippen LogP contribution in [0.5, 0.6) is 0 Å². The van der Waals surface area contributed by atoms with E-state index in [1.54, 1.807) is 0 Å². The maximum atomic E-state index is 3.77. The molecular formula is C10H14ClN. The fourth-order valence-corrected chi connectivity index (χ4v) is 0.901. The lowest BCUT2D eigenvalue weighted by atomic mass is 10.2. The van der Waals surface area contributed by atoms with Gasteiger partial charge in [-0.05, 0) is 5.56 Å². The molecule has 0 radical (unpaired) electrons. The van der Waals surface area contributed by atoms with E-state index in [0.29, 0.717) is 0 Å². The molecule has 0 fully saturated rings. The predicted octanol–water partition coefficient (Wildman–Crippen LogP) is -1.66. The van der Waals surface area contributed by atoms with Crippen molar-refractivity contribution in [2.75, 3.05) is 6.54 Å². The van der Waals surface area contributed by atoms with Gasteiger partial charge in [-0.2, -0.15) is 0 Å². The molecule has 0 unspecified atom stereocenters. The third-order valence-corrected chi connectivity index (χ3v) is 1.48. The molecular weight excluding hydrogens is 170 g/mol. The Hall–Kier alpha value is -0.790. The van der Waals surface area contributed by atoms with Gasteiger partial charge in [0.1, 0.15) is 0 Å². The van der Waals surface area contributed by atoms with Crippen LogP contribution in [0.1, 0.15) is 12.0 Å². The molecule has 1 rings (SSSR count). The quantitative estimate of drug-likeness (QED) is 0.581. The number of halogens is 1. The molecule has 1 aromatic carbocycles. The highest BCUT2D eigenvalue weighted by atomic mass is 35.5. The molecule has 12 heavy (non-hydrogen) atoms. The summed E-state index contributed by atoms with van der Waals surface area (Å²) in [6, 6.07) is 10.3. The Bertz CT molecular complexity index is 219. The summed E-state index contributed by atoms with van der Waals surface area (Å²) in [7, 11) is 0. The lowest BCUT2D eigenvalue weighted by Crippen LogP contribution is -3.00. The third-order valence-electron chi connectivity index (χ3n) is 1.48. The van der Waals surface area contributed by atoms with Gasteiger partial charge in [0, 0.05) is 6.42 Å². The summed E-state index contributed by atoms with van der Waals surface area (Å²) < 4.78 is 0. The van der Waals surface area contributed by atoms with Crippen molar-refractivity contribution in [3.8, 4) is 0 Å². The van der Waals surface area contributed by atoms with Crippen LogP contribution in [0, 0.1) is 0 Å². The zero-order valence-corrected chi connectivity index (χ0v) is 7.80. The fraction of sp³-hybridized carbons (Fsp3) is 0.200. The molecule has 0 aliphatic carbocycles. The van der Waals surface area contributed by atoms with Gasteiger partial charge < -0.3 is 18.1 Å². The SMILES string of the molecule is [Cl-].[NH3+]CC/C=C/c1ccccc1. The molecule has 2 heteroatoms. The van der Waals surface area contributed by atoms with Crippen molar-refractivity contribution in [2.45, 2.75) is 6.42 Å². The molecule has 0 aliphatic rings. The van der Waals surface area contributed by atoms with E-state index in [1.165, 1.54) is 5.56 Å². The van der Waals surface area contributed by atoms with Crippen LogP contribution in [0.15, 0.2) is 36.4 Å². The lowest BCUT2D eigenvalue weighted by Gasteiger charge is -1.89. The van der Waals surface area contributed by atoms with Gasteiger partial charge in [0.15, 0.2) is 0 Å². The van der Waals surface area contributed by atoms with Gasteiger partial charge in [0.25, 0.3) is 0 Å². The zero-order valence-electron chi connectivity index (χ0n) is 7.04. The first-order valence-electron chi connectivity index (χ1n) is 3.94. The first-order chi connectivity index (χ1) is 5.43. The Morgan fingerprint density at radius 1 is 1.17 bits per heavy atom. The summed E-state index contributed by atoms with van der Waals surface area (Å²) in [6.45, 7) is 0.976. The maximum absolute atomic E-state index is 3.77. The standard InChI is InChI=1S/C10H13N.ClH/c11-9-5-4-8-10-6-2-1-3-7-10;/h1-4,6-8H,5,9,11H2;1H/b8-4+;. The Morgan fingerprint density at radius 3 is 2.42 bits per heavy atom. The van der Waals surface area contributed by atoms with Crippen LogP contribution in [0.4, 0.5) is 0 Å². The predicted molar refractivity (Wildman–Crippen MR) is 47.8 cm³/mol. The van der Waals surface area contributed by atoms with Crippen molar-refractivity contribution < 1.29 is 18.1 Å². The normalized spacial score (nSPS) is 9.75. The van der Waals surface area contributed by atoms with Crippen molar-refractivity contribution in [2.24, 2.45) is 0 Å². The minimum Gasteiger partial charge on any atom is -1.00 e. The molecule has 0 heterocycles. The average molecular weight is 184 g/mol. The van der Waals surface area contributed by atoms with Gasteiger partial charge in [0.05, 0.1) is 6.54 Å². The Balaban J connectivity index is 0.00000121. The van der Waals surface area contributed by atoms with Gasteiger partial charge >= 0.3 is 0 Å². The van der Waals surface area contributed by atoms with Crippen LogP contribution in [-0.2, 0) is 0 Å². The van der Waals surface area contributed by atoms with Crippen molar-refractivity contribution in [3.05, 3.63) is 42.0 Å². The van der Waals surface area contributed by atoms with Crippen molar-refractivity contribution in [1.29, 1.82) is 0 Å². The number of hydrogen-bond donors (Lipinski definition) is 1. The maximum Gasteiger partial charge on any atom is 0.0774 e. The van der Waals surface area contributed by atoms with Gasteiger partial charge in [-0.3, -0.25) is 0 Å². The second kappa shape index (κ2) is 6.89. The summed E-state index contributed by atoms with van der Waals surface area (Å²) >= 11 is 0. The van der Waals surface area contributed by atoms with E-state index in [1.807, 2.05) is 18.2 Å². The summed E-state index contributed by atoms with van der Waals surface area (Å²) in [6.07, 6.45) is 5.35. The molecule has 1 nitrogen and oxygen atoms in total. The second-order valence-electron chi connectivity index (χ2n) is 2.46. The minimum atomic E-state index is 0. The van der Waals surface area contributed by atoms with Crippen LogP contribution in [0.3, 0.4) is 0 Å². The summed E-state index contributed by atoms with van der Waals surface area (Å²) in [4.78, 5) is 0. The minimum absolute atomic E-state index is 0. The van der Waals surface area contributed by atoms with Crippen LogP contribution in [0.2, 0.25) is 0 Å².